The number of hydrogen-bond acceptors (Lipinski definition) is 5. The van der Waals surface area contributed by atoms with E-state index in [1.807, 2.05) is 12.1 Å². The molecule has 1 aliphatic carbocycles. The van der Waals surface area contributed by atoms with Gasteiger partial charge in [0.15, 0.2) is 6.61 Å². The van der Waals surface area contributed by atoms with Crippen LogP contribution in [-0.4, -0.2) is 36.6 Å². The molecule has 1 unspecified atom stereocenters. The zero-order valence-electron chi connectivity index (χ0n) is 15.9. The number of rotatable bonds is 5. The van der Waals surface area contributed by atoms with E-state index >= 15 is 0 Å². The molecule has 1 saturated heterocycles. The van der Waals surface area contributed by atoms with Gasteiger partial charge in [0.1, 0.15) is 11.4 Å². The van der Waals surface area contributed by atoms with Gasteiger partial charge in [0.25, 0.3) is 5.91 Å². The fourth-order valence-corrected chi connectivity index (χ4v) is 4.09. The van der Waals surface area contributed by atoms with Crippen molar-refractivity contribution in [3.8, 4) is 0 Å². The van der Waals surface area contributed by atoms with Crippen LogP contribution in [0.3, 0.4) is 0 Å². The maximum atomic E-state index is 12.5. The number of nitrogens with zero attached hydrogens (tertiary/aromatic N) is 2. The highest BCUT2D eigenvalue weighted by Gasteiger charge is 2.24. The summed E-state index contributed by atoms with van der Waals surface area (Å²) >= 11 is 0. The van der Waals surface area contributed by atoms with E-state index in [0.29, 0.717) is 11.4 Å². The van der Waals surface area contributed by atoms with Crippen molar-refractivity contribution in [2.75, 3.05) is 24.6 Å². The number of hydrogen-bond donors (Lipinski definition) is 1. The Bertz CT molecular complexity index is 862. The molecule has 1 aromatic carbocycles. The summed E-state index contributed by atoms with van der Waals surface area (Å²) < 4.78 is 5.30. The molecule has 2 aromatic rings. The summed E-state index contributed by atoms with van der Waals surface area (Å²) in [6.07, 6.45) is 6.84. The minimum absolute atomic E-state index is 0.0188. The number of pyridine rings is 1. The van der Waals surface area contributed by atoms with Crippen molar-refractivity contribution < 1.29 is 14.3 Å². The molecule has 146 valence electrons. The van der Waals surface area contributed by atoms with Gasteiger partial charge in [-0.15, -0.1) is 0 Å². The van der Waals surface area contributed by atoms with Gasteiger partial charge in [-0.2, -0.15) is 0 Å². The van der Waals surface area contributed by atoms with Crippen LogP contribution in [0.4, 0.5) is 5.82 Å². The summed E-state index contributed by atoms with van der Waals surface area (Å²) in [7, 11) is 0. The third-order valence-electron chi connectivity index (χ3n) is 5.45. The molecule has 1 aromatic heterocycles. The molecule has 1 N–H and O–H groups in total. The van der Waals surface area contributed by atoms with E-state index in [-0.39, 0.29) is 18.6 Å². The summed E-state index contributed by atoms with van der Waals surface area (Å²) in [5, 5.41) is 3.01. The molecule has 2 heterocycles. The van der Waals surface area contributed by atoms with E-state index in [0.717, 1.165) is 50.8 Å². The van der Waals surface area contributed by atoms with Crippen molar-refractivity contribution in [1.82, 2.24) is 10.3 Å². The van der Waals surface area contributed by atoms with Crippen LogP contribution in [0.25, 0.3) is 0 Å². The molecule has 0 saturated carbocycles. The van der Waals surface area contributed by atoms with Crippen LogP contribution in [0.15, 0.2) is 42.6 Å². The number of aromatic nitrogens is 1. The van der Waals surface area contributed by atoms with Gasteiger partial charge in [-0.05, 0) is 55.4 Å². The Kier molecular flexibility index (Phi) is 5.55. The Morgan fingerprint density at radius 1 is 1.11 bits per heavy atom. The van der Waals surface area contributed by atoms with Gasteiger partial charge in [-0.1, -0.05) is 24.3 Å². The highest BCUT2D eigenvalue weighted by molar-refractivity contribution is 5.96. The number of carbonyl (C=O) groups excluding carboxylic acids is 2. The molecular formula is C22H25N3O3. The summed E-state index contributed by atoms with van der Waals surface area (Å²) in [4.78, 5) is 31.4. The predicted molar refractivity (Wildman–Crippen MR) is 106 cm³/mol. The van der Waals surface area contributed by atoms with Crippen molar-refractivity contribution >= 4 is 17.7 Å². The summed E-state index contributed by atoms with van der Waals surface area (Å²) in [5.74, 6) is -0.137. The maximum Gasteiger partial charge on any atom is 0.342 e. The topological polar surface area (TPSA) is 71.5 Å². The normalized spacial score (nSPS) is 18.4. The van der Waals surface area contributed by atoms with Gasteiger partial charge >= 0.3 is 5.97 Å². The van der Waals surface area contributed by atoms with Gasteiger partial charge in [0.2, 0.25) is 0 Å². The summed E-state index contributed by atoms with van der Waals surface area (Å²) in [5.41, 5.74) is 2.86. The fourth-order valence-electron chi connectivity index (χ4n) is 4.09. The van der Waals surface area contributed by atoms with Crippen LogP contribution in [0.2, 0.25) is 0 Å². The molecule has 1 amide bonds. The molecular weight excluding hydrogens is 354 g/mol. The quantitative estimate of drug-likeness (QED) is 0.809. The van der Waals surface area contributed by atoms with Crippen molar-refractivity contribution in [1.29, 1.82) is 0 Å². The zero-order chi connectivity index (χ0) is 19.3. The monoisotopic (exact) mass is 379 g/mol. The summed E-state index contributed by atoms with van der Waals surface area (Å²) in [6.45, 7) is 1.49. The fraction of sp³-hybridized carbons (Fsp3) is 0.409. The minimum atomic E-state index is -0.505. The largest absolute Gasteiger partial charge is 0.452 e. The molecule has 1 fully saturated rings. The molecule has 28 heavy (non-hydrogen) atoms. The predicted octanol–water partition coefficient (Wildman–Crippen LogP) is 3.03. The number of aryl methyl sites for hydroxylation is 1. The Morgan fingerprint density at radius 3 is 2.79 bits per heavy atom. The van der Waals surface area contributed by atoms with E-state index in [4.69, 9.17) is 4.74 Å². The number of amides is 1. The van der Waals surface area contributed by atoms with Crippen LogP contribution < -0.4 is 10.2 Å². The van der Waals surface area contributed by atoms with Gasteiger partial charge < -0.3 is 15.0 Å². The average Bonchev–Trinajstić information content (AvgIpc) is 3.27. The lowest BCUT2D eigenvalue weighted by Crippen LogP contribution is -2.34. The van der Waals surface area contributed by atoms with Crippen molar-refractivity contribution in [3.05, 3.63) is 59.3 Å². The molecule has 6 heteroatoms. The second kappa shape index (κ2) is 8.42. The first kappa shape index (κ1) is 18.5. The molecule has 6 nitrogen and oxygen atoms in total. The maximum absolute atomic E-state index is 12.5. The van der Waals surface area contributed by atoms with Crippen LogP contribution >= 0.6 is 0 Å². The van der Waals surface area contributed by atoms with Crippen LogP contribution in [0.5, 0.6) is 0 Å². The van der Waals surface area contributed by atoms with E-state index in [1.165, 1.54) is 5.56 Å². The number of carbonyl (C=O) groups is 2. The first-order valence-electron chi connectivity index (χ1n) is 9.96. The number of benzene rings is 1. The lowest BCUT2D eigenvalue weighted by atomic mass is 9.88. The third kappa shape index (κ3) is 4.01. The smallest absolute Gasteiger partial charge is 0.342 e. The number of ether oxygens (including phenoxy) is 1. The van der Waals surface area contributed by atoms with Gasteiger partial charge in [0, 0.05) is 19.3 Å². The first-order valence-corrected chi connectivity index (χ1v) is 9.96. The Labute approximate surface area is 164 Å². The third-order valence-corrected chi connectivity index (χ3v) is 5.45. The van der Waals surface area contributed by atoms with E-state index < -0.39 is 5.97 Å². The lowest BCUT2D eigenvalue weighted by Gasteiger charge is -2.26. The molecule has 1 aliphatic heterocycles. The molecule has 2 aliphatic rings. The molecule has 1 atom stereocenters. The van der Waals surface area contributed by atoms with Crippen molar-refractivity contribution in [3.63, 3.8) is 0 Å². The standard InChI is InChI=1S/C22H25N3O3/c26-20(24-19-11-5-8-16-7-1-2-9-17(16)19)15-28-22(27)18-10-6-12-23-21(18)25-13-3-4-14-25/h1-2,6-7,9-10,12,19H,3-5,8,11,13-15H2,(H,24,26). The average molecular weight is 379 g/mol. The highest BCUT2D eigenvalue weighted by atomic mass is 16.5. The van der Waals surface area contributed by atoms with Crippen LogP contribution in [0.1, 0.15) is 53.2 Å². The Morgan fingerprint density at radius 2 is 1.93 bits per heavy atom. The van der Waals surface area contributed by atoms with Gasteiger partial charge in [-0.3, -0.25) is 4.79 Å². The zero-order valence-corrected chi connectivity index (χ0v) is 15.9. The lowest BCUT2D eigenvalue weighted by molar-refractivity contribution is -0.125. The van der Waals surface area contributed by atoms with E-state index in [2.05, 4.69) is 27.3 Å². The number of anilines is 1. The van der Waals surface area contributed by atoms with E-state index in [9.17, 15) is 9.59 Å². The summed E-state index contributed by atoms with van der Waals surface area (Å²) in [6, 6.07) is 11.6. The molecule has 4 rings (SSSR count). The number of nitrogens with one attached hydrogen (secondary N) is 1. The van der Waals surface area contributed by atoms with Crippen molar-refractivity contribution in [2.45, 2.75) is 38.1 Å². The number of fused-ring (bicyclic) bond motifs is 1. The Hall–Kier alpha value is -2.89. The molecule has 0 radical (unpaired) electrons. The van der Waals surface area contributed by atoms with E-state index in [1.54, 1.807) is 18.3 Å². The second-order valence-corrected chi connectivity index (χ2v) is 7.36. The SMILES string of the molecule is O=C(COC(=O)c1cccnc1N1CCCC1)NC1CCCc2ccccc21. The Balaban J connectivity index is 1.36. The second-order valence-electron chi connectivity index (χ2n) is 7.36. The first-order chi connectivity index (χ1) is 13.7. The van der Waals surface area contributed by atoms with Crippen LogP contribution in [-0.2, 0) is 16.0 Å². The minimum Gasteiger partial charge on any atom is -0.452 e. The number of esters is 1. The van der Waals surface area contributed by atoms with Crippen LogP contribution in [0, 0.1) is 0 Å². The highest BCUT2D eigenvalue weighted by Crippen LogP contribution is 2.29. The van der Waals surface area contributed by atoms with Gasteiger partial charge in [0.05, 0.1) is 6.04 Å². The molecule has 0 bridgehead atoms. The van der Waals surface area contributed by atoms with Crippen molar-refractivity contribution in [2.24, 2.45) is 0 Å². The molecule has 0 spiro atoms. The van der Waals surface area contributed by atoms with Gasteiger partial charge in [-0.25, -0.2) is 9.78 Å².